The Labute approximate surface area is 167 Å². The number of nitrogens with one attached hydrogen (secondary N) is 2. The minimum atomic E-state index is -0.535. The molecule has 2 aromatic carbocycles. The van der Waals surface area contributed by atoms with Gasteiger partial charge in [-0.1, -0.05) is 18.2 Å². The van der Waals surface area contributed by atoms with Crippen molar-refractivity contribution in [1.82, 2.24) is 4.98 Å². The second-order valence-corrected chi connectivity index (χ2v) is 6.41. The molecule has 0 bridgehead atoms. The van der Waals surface area contributed by atoms with Gasteiger partial charge >= 0.3 is 5.97 Å². The molecule has 0 aliphatic carbocycles. The number of ether oxygens (including phenoxy) is 2. The number of hydrogen-bond donors (Lipinski definition) is 2. The van der Waals surface area contributed by atoms with Crippen LogP contribution < -0.4 is 15.5 Å². The molecule has 7 nitrogen and oxygen atoms in total. The third-order valence-corrected chi connectivity index (χ3v) is 4.39. The normalized spacial score (nSPS) is 11.0. The van der Waals surface area contributed by atoms with Gasteiger partial charge in [0.05, 0.1) is 19.4 Å². The van der Waals surface area contributed by atoms with Crippen molar-refractivity contribution in [1.29, 1.82) is 0 Å². The van der Waals surface area contributed by atoms with Crippen LogP contribution in [0, 0.1) is 0 Å². The van der Waals surface area contributed by atoms with E-state index in [-0.39, 0.29) is 12.3 Å². The minimum Gasteiger partial charge on any atom is -0.497 e. The van der Waals surface area contributed by atoms with Crippen LogP contribution in [0.25, 0.3) is 0 Å². The monoisotopic (exact) mass is 396 g/mol. The van der Waals surface area contributed by atoms with Crippen molar-refractivity contribution in [2.75, 3.05) is 24.5 Å². The van der Waals surface area contributed by atoms with Crippen molar-refractivity contribution in [3.05, 3.63) is 65.7 Å². The summed E-state index contributed by atoms with van der Waals surface area (Å²) in [5, 5.41) is 9.81. The fourth-order valence-corrected chi connectivity index (χ4v) is 2.99. The predicted molar refractivity (Wildman–Crippen MR) is 112 cm³/mol. The maximum absolute atomic E-state index is 12.3. The number of hydrazone groups is 1. The van der Waals surface area contributed by atoms with Crippen molar-refractivity contribution in [3.63, 3.8) is 0 Å². The number of para-hydroxylation sites is 1. The lowest BCUT2D eigenvalue weighted by molar-refractivity contribution is -0.134. The highest BCUT2D eigenvalue weighted by atomic mass is 32.1. The molecule has 0 saturated heterocycles. The van der Waals surface area contributed by atoms with Crippen molar-refractivity contribution in [2.45, 2.75) is 6.92 Å². The Kier molecular flexibility index (Phi) is 6.59. The Balaban J connectivity index is 1.79. The van der Waals surface area contributed by atoms with Crippen LogP contribution in [0.4, 0.5) is 16.5 Å². The minimum absolute atomic E-state index is 0.115. The first kappa shape index (κ1) is 19.4. The number of aromatic nitrogens is 1. The van der Waals surface area contributed by atoms with Crippen molar-refractivity contribution < 1.29 is 14.3 Å². The molecular weight excluding hydrogens is 376 g/mol. The zero-order valence-corrected chi connectivity index (χ0v) is 16.3. The van der Waals surface area contributed by atoms with E-state index in [4.69, 9.17) is 9.47 Å². The van der Waals surface area contributed by atoms with Crippen LogP contribution in [0.3, 0.4) is 0 Å². The molecule has 0 atom stereocenters. The molecular formula is C20H20N4O3S. The maximum Gasteiger partial charge on any atom is 0.361 e. The van der Waals surface area contributed by atoms with Crippen LogP contribution in [-0.4, -0.2) is 30.4 Å². The Morgan fingerprint density at radius 2 is 1.86 bits per heavy atom. The van der Waals surface area contributed by atoms with E-state index in [1.165, 1.54) is 11.3 Å². The number of benzene rings is 2. The molecule has 144 valence electrons. The molecule has 0 radical (unpaired) electrons. The van der Waals surface area contributed by atoms with Crippen molar-refractivity contribution in [3.8, 4) is 5.75 Å². The van der Waals surface area contributed by atoms with Gasteiger partial charge < -0.3 is 14.8 Å². The zero-order valence-electron chi connectivity index (χ0n) is 15.5. The molecule has 0 unspecified atom stereocenters. The van der Waals surface area contributed by atoms with Crippen LogP contribution in [-0.2, 0) is 9.53 Å². The highest BCUT2D eigenvalue weighted by Gasteiger charge is 2.19. The Hall–Kier alpha value is -3.39. The number of carbonyl (C=O) groups excluding carboxylic acids is 1. The fourth-order valence-electron chi connectivity index (χ4n) is 2.28. The molecule has 0 aliphatic heterocycles. The Morgan fingerprint density at radius 3 is 2.54 bits per heavy atom. The lowest BCUT2D eigenvalue weighted by Crippen LogP contribution is -2.20. The van der Waals surface area contributed by atoms with Gasteiger partial charge in [0.2, 0.25) is 0 Å². The van der Waals surface area contributed by atoms with Gasteiger partial charge in [0.15, 0.2) is 10.8 Å². The summed E-state index contributed by atoms with van der Waals surface area (Å²) < 4.78 is 10.3. The molecule has 28 heavy (non-hydrogen) atoms. The first-order chi connectivity index (χ1) is 13.7. The summed E-state index contributed by atoms with van der Waals surface area (Å²) in [6, 6.07) is 16.8. The number of esters is 1. The van der Waals surface area contributed by atoms with Crippen molar-refractivity contribution in [2.24, 2.45) is 5.10 Å². The van der Waals surface area contributed by atoms with E-state index in [1.807, 2.05) is 54.6 Å². The van der Waals surface area contributed by atoms with E-state index in [0.29, 0.717) is 10.8 Å². The average Bonchev–Trinajstić information content (AvgIpc) is 3.18. The topological polar surface area (TPSA) is 84.8 Å². The summed E-state index contributed by atoms with van der Waals surface area (Å²) in [7, 11) is 1.62. The number of thiazole rings is 1. The largest absolute Gasteiger partial charge is 0.497 e. The number of methoxy groups -OCH3 is 1. The smallest absolute Gasteiger partial charge is 0.361 e. The molecule has 3 rings (SSSR count). The molecule has 2 N–H and O–H groups in total. The van der Waals surface area contributed by atoms with Gasteiger partial charge in [0, 0.05) is 11.1 Å². The standard InChI is InChI=1S/C20H20N4O3S/c1-3-27-19(25)18(24-23-15-7-5-4-6-8-15)17-13-28-20(22-17)21-14-9-11-16(26-2)12-10-14/h4-13,23H,3H2,1-2H3,(H,21,22). The molecule has 0 fully saturated rings. The summed E-state index contributed by atoms with van der Waals surface area (Å²) in [5.41, 5.74) is 5.04. The van der Waals surface area contributed by atoms with Gasteiger partial charge in [0.25, 0.3) is 0 Å². The SMILES string of the molecule is CCOC(=O)C(=NNc1ccccc1)c1csc(Nc2ccc(OC)cc2)n1. The van der Waals surface area contributed by atoms with Crippen LogP contribution in [0.15, 0.2) is 65.1 Å². The fraction of sp³-hybridized carbons (Fsp3) is 0.150. The number of anilines is 3. The molecule has 0 aliphatic rings. The quantitative estimate of drug-likeness (QED) is 0.336. The molecule has 8 heteroatoms. The molecule has 3 aromatic rings. The first-order valence-corrected chi connectivity index (χ1v) is 9.50. The lowest BCUT2D eigenvalue weighted by atomic mass is 10.3. The lowest BCUT2D eigenvalue weighted by Gasteiger charge is -2.06. The van der Waals surface area contributed by atoms with E-state index in [9.17, 15) is 4.79 Å². The number of hydrogen-bond acceptors (Lipinski definition) is 8. The van der Waals surface area contributed by atoms with Gasteiger partial charge in [-0.25, -0.2) is 9.78 Å². The molecule has 1 aromatic heterocycles. The van der Waals surface area contributed by atoms with Crippen LogP contribution >= 0.6 is 11.3 Å². The van der Waals surface area contributed by atoms with Gasteiger partial charge in [-0.05, 0) is 43.3 Å². The summed E-state index contributed by atoms with van der Waals surface area (Å²) in [4.78, 5) is 16.8. The predicted octanol–water partition coefficient (Wildman–Crippen LogP) is 4.27. The van der Waals surface area contributed by atoms with Crippen LogP contribution in [0.2, 0.25) is 0 Å². The van der Waals surface area contributed by atoms with Gasteiger partial charge in [-0.3, -0.25) is 5.43 Å². The van der Waals surface area contributed by atoms with E-state index in [0.717, 1.165) is 17.1 Å². The zero-order chi connectivity index (χ0) is 19.8. The Morgan fingerprint density at radius 1 is 1.11 bits per heavy atom. The van der Waals surface area contributed by atoms with Gasteiger partial charge in [0.1, 0.15) is 11.4 Å². The number of nitrogens with zero attached hydrogens (tertiary/aromatic N) is 2. The summed E-state index contributed by atoms with van der Waals surface area (Å²) in [6.07, 6.45) is 0. The third-order valence-electron chi connectivity index (χ3n) is 3.63. The molecule has 1 heterocycles. The van der Waals surface area contributed by atoms with E-state index >= 15 is 0 Å². The summed E-state index contributed by atoms with van der Waals surface area (Å²) in [5.74, 6) is 0.237. The maximum atomic E-state index is 12.3. The van der Waals surface area contributed by atoms with E-state index in [1.54, 1.807) is 19.4 Å². The average molecular weight is 396 g/mol. The first-order valence-electron chi connectivity index (χ1n) is 8.62. The van der Waals surface area contributed by atoms with E-state index in [2.05, 4.69) is 20.8 Å². The molecule has 0 saturated carbocycles. The highest BCUT2D eigenvalue weighted by Crippen LogP contribution is 2.23. The van der Waals surface area contributed by atoms with Gasteiger partial charge in [-0.2, -0.15) is 5.10 Å². The van der Waals surface area contributed by atoms with E-state index < -0.39 is 5.97 Å². The summed E-state index contributed by atoms with van der Waals surface area (Å²) in [6.45, 7) is 2.00. The van der Waals surface area contributed by atoms with Crippen LogP contribution in [0.5, 0.6) is 5.75 Å². The third kappa shape index (κ3) is 5.08. The van der Waals surface area contributed by atoms with Gasteiger partial charge in [-0.15, -0.1) is 11.3 Å². The summed E-state index contributed by atoms with van der Waals surface area (Å²) >= 11 is 1.37. The molecule has 0 spiro atoms. The number of rotatable bonds is 8. The molecule has 0 amide bonds. The van der Waals surface area contributed by atoms with Crippen molar-refractivity contribution >= 4 is 39.5 Å². The second-order valence-electron chi connectivity index (χ2n) is 5.55. The highest BCUT2D eigenvalue weighted by molar-refractivity contribution is 7.14. The Bertz CT molecular complexity index is 940. The van der Waals surface area contributed by atoms with Crippen LogP contribution in [0.1, 0.15) is 12.6 Å². The number of carbonyl (C=O) groups is 1. The second kappa shape index (κ2) is 9.52.